The summed E-state index contributed by atoms with van der Waals surface area (Å²) in [7, 11) is 1.66. The predicted octanol–water partition coefficient (Wildman–Crippen LogP) is 3.21. The molecule has 18 heavy (non-hydrogen) atoms. The summed E-state index contributed by atoms with van der Waals surface area (Å²) >= 11 is 6.97. The average molecular weight is 277 g/mol. The fourth-order valence-electron chi connectivity index (χ4n) is 1.88. The monoisotopic (exact) mass is 277 g/mol. The zero-order chi connectivity index (χ0) is 12.5. The highest BCUT2D eigenvalue weighted by Crippen LogP contribution is 2.21. The van der Waals surface area contributed by atoms with Crippen LogP contribution in [0.25, 0.3) is 11.0 Å². The van der Waals surface area contributed by atoms with Gasteiger partial charge < -0.3 is 14.3 Å². The van der Waals surface area contributed by atoms with Crippen LogP contribution in [0.5, 0.6) is 5.75 Å². The third kappa shape index (κ3) is 1.93. The molecule has 0 saturated heterocycles. The highest BCUT2D eigenvalue weighted by Gasteiger charge is 2.07. The summed E-state index contributed by atoms with van der Waals surface area (Å²) < 4.78 is 7.98. The van der Waals surface area contributed by atoms with Crippen molar-refractivity contribution in [1.29, 1.82) is 0 Å². The molecule has 4 nitrogen and oxygen atoms in total. The zero-order valence-corrected chi connectivity index (χ0v) is 11.3. The maximum Gasteiger partial charge on any atom is 0.178 e. The number of fused-ring (bicyclic) bond motifs is 1. The van der Waals surface area contributed by atoms with E-state index in [1.54, 1.807) is 24.6 Å². The maximum absolute atomic E-state index is 5.35. The Kier molecular flexibility index (Phi) is 2.89. The Balaban J connectivity index is 2.14. The topological polar surface area (TPSA) is 42.8 Å². The molecule has 1 N–H and O–H groups in total. The summed E-state index contributed by atoms with van der Waals surface area (Å²) in [4.78, 5) is 7.48. The summed E-state index contributed by atoms with van der Waals surface area (Å²) in [6, 6.07) is 5.87. The van der Waals surface area contributed by atoms with Crippen LogP contribution in [0.1, 0.15) is 5.01 Å². The Morgan fingerprint density at radius 1 is 1.50 bits per heavy atom. The van der Waals surface area contributed by atoms with Crippen LogP contribution in [0.2, 0.25) is 0 Å². The molecule has 1 aromatic carbocycles. The lowest BCUT2D eigenvalue weighted by molar-refractivity contribution is 0.415. The molecule has 2 aromatic heterocycles. The molecule has 6 heteroatoms. The highest BCUT2D eigenvalue weighted by atomic mass is 32.1. The number of nitrogens with zero attached hydrogens (tertiary/aromatic N) is 2. The van der Waals surface area contributed by atoms with E-state index in [1.165, 1.54) is 0 Å². The van der Waals surface area contributed by atoms with Crippen LogP contribution in [-0.4, -0.2) is 21.6 Å². The van der Waals surface area contributed by atoms with Crippen LogP contribution >= 0.6 is 23.6 Å². The number of rotatable bonds is 3. The molecule has 3 aromatic rings. The molecule has 0 aliphatic carbocycles. The zero-order valence-electron chi connectivity index (χ0n) is 9.71. The quantitative estimate of drug-likeness (QED) is 0.748. The van der Waals surface area contributed by atoms with E-state index in [-0.39, 0.29) is 0 Å². The molecule has 0 aliphatic rings. The SMILES string of the molecule is COc1ccc2[nH]c(=S)n(Cc3nccs3)c2c1. The van der Waals surface area contributed by atoms with Crippen LogP contribution in [-0.2, 0) is 6.54 Å². The van der Waals surface area contributed by atoms with Gasteiger partial charge in [0.25, 0.3) is 0 Å². The highest BCUT2D eigenvalue weighted by molar-refractivity contribution is 7.71. The minimum absolute atomic E-state index is 0.684. The van der Waals surface area contributed by atoms with Gasteiger partial charge in [-0.1, -0.05) is 0 Å². The third-order valence-electron chi connectivity index (χ3n) is 2.76. The van der Waals surface area contributed by atoms with Crippen molar-refractivity contribution in [3.8, 4) is 5.75 Å². The summed E-state index contributed by atoms with van der Waals surface area (Å²) in [5.41, 5.74) is 2.05. The average Bonchev–Trinajstić information content (AvgIpc) is 2.99. The first kappa shape index (κ1) is 11.4. The molecular weight excluding hydrogens is 266 g/mol. The van der Waals surface area contributed by atoms with Crippen molar-refractivity contribution in [2.45, 2.75) is 6.54 Å². The van der Waals surface area contributed by atoms with Crippen molar-refractivity contribution in [2.24, 2.45) is 0 Å². The molecular formula is C12H11N3OS2. The van der Waals surface area contributed by atoms with Crippen LogP contribution in [0, 0.1) is 4.77 Å². The summed E-state index contributed by atoms with van der Waals surface area (Å²) in [6.45, 7) is 0.684. The molecule has 0 fully saturated rings. The van der Waals surface area contributed by atoms with Gasteiger partial charge in [-0.25, -0.2) is 4.98 Å². The van der Waals surface area contributed by atoms with Gasteiger partial charge in [0.1, 0.15) is 10.8 Å². The number of H-pyrrole nitrogens is 1. The molecule has 92 valence electrons. The Hall–Kier alpha value is -1.66. The number of ether oxygens (including phenoxy) is 1. The van der Waals surface area contributed by atoms with Gasteiger partial charge in [0.05, 0.1) is 24.7 Å². The second kappa shape index (κ2) is 4.55. The van der Waals surface area contributed by atoms with Gasteiger partial charge in [0.15, 0.2) is 4.77 Å². The number of aromatic nitrogens is 3. The van der Waals surface area contributed by atoms with E-state index < -0.39 is 0 Å². The van der Waals surface area contributed by atoms with Gasteiger partial charge in [-0.2, -0.15) is 0 Å². The van der Waals surface area contributed by atoms with Crippen molar-refractivity contribution in [3.63, 3.8) is 0 Å². The van der Waals surface area contributed by atoms with E-state index in [0.29, 0.717) is 11.3 Å². The lowest BCUT2D eigenvalue weighted by Crippen LogP contribution is -1.99. The first-order valence-corrected chi connectivity index (χ1v) is 6.71. The molecule has 0 bridgehead atoms. The van der Waals surface area contributed by atoms with Crippen molar-refractivity contribution in [3.05, 3.63) is 39.6 Å². The van der Waals surface area contributed by atoms with Crippen LogP contribution in [0.4, 0.5) is 0 Å². The normalized spacial score (nSPS) is 10.9. The Morgan fingerprint density at radius 2 is 2.39 bits per heavy atom. The third-order valence-corrected chi connectivity index (χ3v) is 3.85. The van der Waals surface area contributed by atoms with Crippen molar-refractivity contribution < 1.29 is 4.74 Å². The number of aromatic amines is 1. The second-order valence-corrected chi connectivity index (χ2v) is 5.19. The summed E-state index contributed by atoms with van der Waals surface area (Å²) in [5, 5.41) is 3.00. The molecule has 0 saturated carbocycles. The van der Waals surface area contributed by atoms with E-state index >= 15 is 0 Å². The summed E-state index contributed by atoms with van der Waals surface area (Å²) in [6.07, 6.45) is 1.80. The minimum atomic E-state index is 0.684. The van der Waals surface area contributed by atoms with E-state index in [2.05, 4.69) is 9.97 Å². The van der Waals surface area contributed by atoms with Crippen molar-refractivity contribution >= 4 is 34.6 Å². The van der Waals surface area contributed by atoms with Gasteiger partial charge in [-0.15, -0.1) is 11.3 Å². The van der Waals surface area contributed by atoms with Gasteiger partial charge in [-0.05, 0) is 24.4 Å². The molecule has 0 atom stereocenters. The number of hydrogen-bond acceptors (Lipinski definition) is 4. The first-order chi connectivity index (χ1) is 8.78. The number of imidazole rings is 1. The van der Waals surface area contributed by atoms with E-state index in [9.17, 15) is 0 Å². The first-order valence-electron chi connectivity index (χ1n) is 5.43. The molecule has 0 aliphatic heterocycles. The van der Waals surface area contributed by atoms with Gasteiger partial charge >= 0.3 is 0 Å². The minimum Gasteiger partial charge on any atom is -0.497 e. The van der Waals surface area contributed by atoms with Crippen LogP contribution in [0.3, 0.4) is 0 Å². The molecule has 2 heterocycles. The standard InChI is InChI=1S/C12H11N3OS2/c1-16-8-2-3-9-10(6-8)15(12(17)14-9)7-11-13-4-5-18-11/h2-6H,7H2,1H3,(H,14,17). The number of methoxy groups -OCH3 is 1. The second-order valence-electron chi connectivity index (χ2n) is 3.83. The number of nitrogens with one attached hydrogen (secondary N) is 1. The molecule has 3 rings (SSSR count). The smallest absolute Gasteiger partial charge is 0.178 e. The lowest BCUT2D eigenvalue weighted by atomic mass is 10.3. The Morgan fingerprint density at radius 3 is 3.11 bits per heavy atom. The van der Waals surface area contributed by atoms with Crippen molar-refractivity contribution in [1.82, 2.24) is 14.5 Å². The van der Waals surface area contributed by atoms with Gasteiger partial charge in [-0.3, -0.25) is 0 Å². The number of hydrogen-bond donors (Lipinski definition) is 1. The Labute approximate surface area is 113 Å². The van der Waals surface area contributed by atoms with E-state index in [1.807, 2.05) is 28.1 Å². The fourth-order valence-corrected chi connectivity index (χ4v) is 2.76. The molecule has 0 amide bonds. The van der Waals surface area contributed by atoms with Crippen LogP contribution in [0.15, 0.2) is 29.8 Å². The van der Waals surface area contributed by atoms with E-state index in [4.69, 9.17) is 17.0 Å². The van der Waals surface area contributed by atoms with Gasteiger partial charge in [0.2, 0.25) is 0 Å². The van der Waals surface area contributed by atoms with Crippen molar-refractivity contribution in [2.75, 3.05) is 7.11 Å². The van der Waals surface area contributed by atoms with Gasteiger partial charge in [0, 0.05) is 17.6 Å². The number of benzene rings is 1. The lowest BCUT2D eigenvalue weighted by Gasteiger charge is -2.03. The van der Waals surface area contributed by atoms with E-state index in [0.717, 1.165) is 21.8 Å². The largest absolute Gasteiger partial charge is 0.497 e. The summed E-state index contributed by atoms with van der Waals surface area (Å²) in [5.74, 6) is 0.824. The number of thiazole rings is 1. The fraction of sp³-hybridized carbons (Fsp3) is 0.167. The molecule has 0 unspecified atom stereocenters. The Bertz CT molecular complexity index is 727. The molecule has 0 radical (unpaired) electrons. The van der Waals surface area contributed by atoms with Crippen LogP contribution < -0.4 is 4.74 Å². The maximum atomic E-state index is 5.35. The molecule has 0 spiro atoms. The predicted molar refractivity (Wildman–Crippen MR) is 74.9 cm³/mol.